The van der Waals surface area contributed by atoms with E-state index in [-0.39, 0.29) is 5.54 Å². The second kappa shape index (κ2) is 7.60. The summed E-state index contributed by atoms with van der Waals surface area (Å²) in [5.74, 6) is 0.773. The smallest absolute Gasteiger partial charge is 0.0125 e. The predicted molar refractivity (Wildman–Crippen MR) is 58.3 cm³/mol. The lowest BCUT2D eigenvalue weighted by atomic mass is 9.87. The van der Waals surface area contributed by atoms with Crippen LogP contribution in [-0.4, -0.2) is 5.54 Å². The van der Waals surface area contributed by atoms with E-state index in [0.717, 1.165) is 18.8 Å². The van der Waals surface area contributed by atoms with Crippen molar-refractivity contribution in [1.82, 2.24) is 0 Å². The van der Waals surface area contributed by atoms with Gasteiger partial charge in [-0.2, -0.15) is 0 Å². The van der Waals surface area contributed by atoms with Gasteiger partial charge in [-0.1, -0.05) is 41.0 Å². The Labute approximate surface area is 78.7 Å². The van der Waals surface area contributed by atoms with Gasteiger partial charge in [0.2, 0.25) is 0 Å². The highest BCUT2D eigenvalue weighted by Crippen LogP contribution is 2.18. The molecular formula is C11H27N. The molecule has 0 aromatic carbocycles. The van der Waals surface area contributed by atoms with Crippen LogP contribution in [0.15, 0.2) is 0 Å². The third-order valence-electron chi connectivity index (χ3n) is 2.32. The molecule has 0 radical (unpaired) electrons. The Kier molecular flexibility index (Phi) is 9.17. The minimum Gasteiger partial charge on any atom is -0.325 e. The van der Waals surface area contributed by atoms with Crippen molar-refractivity contribution in [2.45, 2.75) is 66.3 Å². The maximum atomic E-state index is 5.99. The monoisotopic (exact) mass is 173 g/mol. The average molecular weight is 173 g/mol. The van der Waals surface area contributed by atoms with Crippen molar-refractivity contribution in [3.8, 4) is 0 Å². The molecule has 0 saturated carbocycles. The molecule has 0 aliphatic rings. The molecule has 1 nitrogen and oxygen atoms in total. The quantitative estimate of drug-likeness (QED) is 0.691. The van der Waals surface area contributed by atoms with Crippen molar-refractivity contribution in [2.24, 2.45) is 11.7 Å². The van der Waals surface area contributed by atoms with E-state index in [4.69, 9.17) is 5.73 Å². The lowest BCUT2D eigenvalue weighted by Gasteiger charge is -2.25. The summed E-state index contributed by atoms with van der Waals surface area (Å²) in [5, 5.41) is 0. The second-order valence-electron chi connectivity index (χ2n) is 3.73. The number of rotatable bonds is 4. The van der Waals surface area contributed by atoms with Crippen molar-refractivity contribution in [2.75, 3.05) is 0 Å². The van der Waals surface area contributed by atoms with E-state index in [1.165, 1.54) is 6.42 Å². The Morgan fingerprint density at radius 1 is 1.25 bits per heavy atom. The molecular weight excluding hydrogens is 146 g/mol. The van der Waals surface area contributed by atoms with Gasteiger partial charge in [0.05, 0.1) is 0 Å². The molecule has 0 aliphatic carbocycles. The fourth-order valence-electron chi connectivity index (χ4n) is 1.08. The van der Waals surface area contributed by atoms with Crippen LogP contribution < -0.4 is 5.73 Å². The van der Waals surface area contributed by atoms with E-state index >= 15 is 0 Å². The second-order valence-corrected chi connectivity index (χ2v) is 3.73. The molecule has 0 aromatic heterocycles. The first-order chi connectivity index (χ1) is 5.52. The molecule has 2 atom stereocenters. The van der Waals surface area contributed by atoms with Gasteiger partial charge in [0.15, 0.2) is 0 Å². The van der Waals surface area contributed by atoms with Crippen LogP contribution in [0.2, 0.25) is 0 Å². The first-order valence-corrected chi connectivity index (χ1v) is 5.30. The molecule has 0 fully saturated rings. The summed E-state index contributed by atoms with van der Waals surface area (Å²) < 4.78 is 0. The van der Waals surface area contributed by atoms with Gasteiger partial charge in [-0.25, -0.2) is 0 Å². The summed E-state index contributed by atoms with van der Waals surface area (Å²) in [6.45, 7) is 12.8. The summed E-state index contributed by atoms with van der Waals surface area (Å²) in [5.41, 5.74) is 6.06. The van der Waals surface area contributed by atoms with Crippen molar-refractivity contribution in [3.05, 3.63) is 0 Å². The summed E-state index contributed by atoms with van der Waals surface area (Å²) in [6.07, 6.45) is 3.48. The lowest BCUT2D eigenvalue weighted by molar-refractivity contribution is 0.339. The van der Waals surface area contributed by atoms with Crippen LogP contribution in [0, 0.1) is 5.92 Å². The number of nitrogens with two attached hydrogens (primary N) is 1. The molecule has 2 N–H and O–H groups in total. The lowest BCUT2D eigenvalue weighted by Crippen LogP contribution is -2.36. The SMILES string of the molecule is CC.CCC(C)CC(C)(N)CC. The van der Waals surface area contributed by atoms with Crippen molar-refractivity contribution in [3.63, 3.8) is 0 Å². The van der Waals surface area contributed by atoms with Gasteiger partial charge < -0.3 is 5.73 Å². The molecule has 0 rings (SSSR count). The zero-order valence-electron chi connectivity index (χ0n) is 9.78. The minimum atomic E-state index is 0.0649. The number of hydrogen-bond acceptors (Lipinski definition) is 1. The van der Waals surface area contributed by atoms with E-state index in [0.29, 0.717) is 0 Å². The summed E-state index contributed by atoms with van der Waals surface area (Å²) >= 11 is 0. The molecule has 0 heterocycles. The van der Waals surface area contributed by atoms with Crippen LogP contribution in [0.1, 0.15) is 60.8 Å². The van der Waals surface area contributed by atoms with E-state index < -0.39 is 0 Å². The van der Waals surface area contributed by atoms with Gasteiger partial charge in [-0.3, -0.25) is 0 Å². The Morgan fingerprint density at radius 2 is 1.67 bits per heavy atom. The third kappa shape index (κ3) is 8.06. The maximum Gasteiger partial charge on any atom is 0.0125 e. The highest BCUT2D eigenvalue weighted by atomic mass is 14.7. The van der Waals surface area contributed by atoms with Crippen LogP contribution in [0.4, 0.5) is 0 Å². The molecule has 1 heteroatoms. The fraction of sp³-hybridized carbons (Fsp3) is 1.00. The van der Waals surface area contributed by atoms with Crippen LogP contribution in [0.25, 0.3) is 0 Å². The van der Waals surface area contributed by atoms with Crippen molar-refractivity contribution >= 4 is 0 Å². The molecule has 0 aromatic rings. The van der Waals surface area contributed by atoms with Gasteiger partial charge in [0.25, 0.3) is 0 Å². The Balaban J connectivity index is 0. The Morgan fingerprint density at radius 3 is 1.92 bits per heavy atom. The zero-order chi connectivity index (χ0) is 10.2. The first-order valence-electron chi connectivity index (χ1n) is 5.30. The first kappa shape index (κ1) is 14.5. The summed E-state index contributed by atoms with van der Waals surface area (Å²) in [6, 6.07) is 0. The normalized spacial score (nSPS) is 17.2. The van der Waals surface area contributed by atoms with E-state index in [9.17, 15) is 0 Å². The maximum absolute atomic E-state index is 5.99. The van der Waals surface area contributed by atoms with Gasteiger partial charge in [0.1, 0.15) is 0 Å². The predicted octanol–water partition coefficient (Wildman–Crippen LogP) is 3.58. The molecule has 0 aliphatic heterocycles. The van der Waals surface area contributed by atoms with Gasteiger partial charge in [-0.15, -0.1) is 0 Å². The molecule has 0 spiro atoms. The van der Waals surface area contributed by atoms with E-state index in [2.05, 4.69) is 27.7 Å². The molecule has 0 bridgehead atoms. The van der Waals surface area contributed by atoms with Crippen molar-refractivity contribution < 1.29 is 0 Å². The van der Waals surface area contributed by atoms with Crippen LogP contribution >= 0.6 is 0 Å². The fourth-order valence-corrected chi connectivity index (χ4v) is 1.08. The largest absolute Gasteiger partial charge is 0.325 e. The molecule has 0 amide bonds. The minimum absolute atomic E-state index is 0.0649. The average Bonchev–Trinajstić information content (AvgIpc) is 2.07. The highest BCUT2D eigenvalue weighted by molar-refractivity contribution is 4.78. The van der Waals surface area contributed by atoms with Gasteiger partial charge in [-0.05, 0) is 25.7 Å². The third-order valence-corrected chi connectivity index (χ3v) is 2.32. The van der Waals surface area contributed by atoms with E-state index in [1.807, 2.05) is 13.8 Å². The number of hydrogen-bond donors (Lipinski definition) is 1. The topological polar surface area (TPSA) is 26.0 Å². The van der Waals surface area contributed by atoms with Crippen LogP contribution in [0.3, 0.4) is 0 Å². The molecule has 76 valence electrons. The highest BCUT2D eigenvalue weighted by Gasteiger charge is 2.17. The summed E-state index contributed by atoms with van der Waals surface area (Å²) in [4.78, 5) is 0. The standard InChI is InChI=1S/C9H21N.C2H6/c1-5-8(3)7-9(4,10)6-2;1-2/h8H,5-7,10H2,1-4H3;1-2H3. The van der Waals surface area contributed by atoms with Crippen LogP contribution in [-0.2, 0) is 0 Å². The van der Waals surface area contributed by atoms with Gasteiger partial charge >= 0.3 is 0 Å². The zero-order valence-corrected chi connectivity index (χ0v) is 9.78. The molecule has 2 unspecified atom stereocenters. The molecule has 0 saturated heterocycles. The molecule has 12 heavy (non-hydrogen) atoms. The van der Waals surface area contributed by atoms with Crippen LogP contribution in [0.5, 0.6) is 0 Å². The van der Waals surface area contributed by atoms with E-state index in [1.54, 1.807) is 0 Å². The Bertz CT molecular complexity index is 87.0. The van der Waals surface area contributed by atoms with Gasteiger partial charge in [0, 0.05) is 5.54 Å². The summed E-state index contributed by atoms with van der Waals surface area (Å²) in [7, 11) is 0. The van der Waals surface area contributed by atoms with Crippen molar-refractivity contribution in [1.29, 1.82) is 0 Å². The Hall–Kier alpha value is -0.0400.